The molecule has 1 atom stereocenters. The van der Waals surface area contributed by atoms with Gasteiger partial charge >= 0.3 is 0 Å². The van der Waals surface area contributed by atoms with Crippen LogP contribution in [0.3, 0.4) is 0 Å². The molecule has 2 nitrogen and oxygen atoms in total. The molecule has 0 heterocycles. The van der Waals surface area contributed by atoms with Gasteiger partial charge in [0.2, 0.25) is 0 Å². The van der Waals surface area contributed by atoms with Crippen molar-refractivity contribution >= 4 is 0 Å². The summed E-state index contributed by atoms with van der Waals surface area (Å²) in [5.74, 6) is 0.242. The summed E-state index contributed by atoms with van der Waals surface area (Å²) in [4.78, 5) is 0. The number of hydrogen-bond acceptors (Lipinski definition) is 2. The van der Waals surface area contributed by atoms with Gasteiger partial charge in [-0.25, -0.2) is 4.39 Å². The van der Waals surface area contributed by atoms with Gasteiger partial charge in [0.1, 0.15) is 18.2 Å². The van der Waals surface area contributed by atoms with Crippen LogP contribution in [0.4, 0.5) is 4.39 Å². The number of nitrogens with two attached hydrogens (primary N) is 1. The first-order valence-electron chi connectivity index (χ1n) is 4.36. The monoisotopic (exact) mass is 183 g/mol. The maximum atomic E-state index is 12.7. The van der Waals surface area contributed by atoms with Gasteiger partial charge in [0.15, 0.2) is 0 Å². The highest BCUT2D eigenvalue weighted by Crippen LogP contribution is 2.11. The van der Waals surface area contributed by atoms with Crippen molar-refractivity contribution in [1.82, 2.24) is 0 Å². The number of benzene rings is 1. The van der Waals surface area contributed by atoms with E-state index in [1.807, 2.05) is 6.92 Å². The van der Waals surface area contributed by atoms with Gasteiger partial charge < -0.3 is 10.5 Å². The first-order valence-corrected chi connectivity index (χ1v) is 4.36. The molecule has 3 heteroatoms. The summed E-state index contributed by atoms with van der Waals surface area (Å²) in [6.45, 7) is 2.42. The van der Waals surface area contributed by atoms with Crippen LogP contribution in [0, 0.1) is 5.82 Å². The first-order chi connectivity index (χ1) is 6.22. The lowest BCUT2D eigenvalue weighted by atomic mass is 10.2. The molecule has 0 fully saturated rings. The zero-order valence-electron chi connectivity index (χ0n) is 7.66. The predicted molar refractivity (Wildman–Crippen MR) is 50.2 cm³/mol. The van der Waals surface area contributed by atoms with Crippen molar-refractivity contribution in [3.8, 4) is 5.75 Å². The van der Waals surface area contributed by atoms with Gasteiger partial charge in [0.05, 0.1) is 0 Å². The van der Waals surface area contributed by atoms with E-state index >= 15 is 0 Å². The quantitative estimate of drug-likeness (QED) is 0.774. The fourth-order valence-electron chi connectivity index (χ4n) is 0.878. The molecule has 0 unspecified atom stereocenters. The van der Waals surface area contributed by atoms with Crippen LogP contribution in [0.2, 0.25) is 0 Å². The van der Waals surface area contributed by atoms with Crippen LogP contribution in [0.1, 0.15) is 13.3 Å². The SMILES string of the molecule is CC[C@H](N)COc1cccc(F)c1. The summed E-state index contributed by atoms with van der Waals surface area (Å²) in [5, 5.41) is 0. The third kappa shape index (κ3) is 3.42. The van der Waals surface area contributed by atoms with Gasteiger partial charge in [-0.3, -0.25) is 0 Å². The van der Waals surface area contributed by atoms with Crippen LogP contribution in [-0.4, -0.2) is 12.6 Å². The molecule has 1 rings (SSSR count). The van der Waals surface area contributed by atoms with Gasteiger partial charge in [-0.15, -0.1) is 0 Å². The van der Waals surface area contributed by atoms with Crippen LogP contribution < -0.4 is 10.5 Å². The molecule has 0 radical (unpaired) electrons. The highest BCUT2D eigenvalue weighted by atomic mass is 19.1. The van der Waals surface area contributed by atoms with Crippen molar-refractivity contribution in [3.63, 3.8) is 0 Å². The summed E-state index contributed by atoms with van der Waals surface area (Å²) in [7, 11) is 0. The Bertz CT molecular complexity index is 265. The number of halogens is 1. The maximum Gasteiger partial charge on any atom is 0.126 e. The summed E-state index contributed by atoms with van der Waals surface area (Å²) >= 11 is 0. The molecule has 0 saturated carbocycles. The predicted octanol–water partition coefficient (Wildman–Crippen LogP) is 1.94. The van der Waals surface area contributed by atoms with Gasteiger partial charge in [-0.1, -0.05) is 13.0 Å². The maximum absolute atomic E-state index is 12.7. The summed E-state index contributed by atoms with van der Waals surface area (Å²) in [6.07, 6.45) is 0.856. The lowest BCUT2D eigenvalue weighted by Gasteiger charge is -2.10. The topological polar surface area (TPSA) is 35.2 Å². The summed E-state index contributed by atoms with van der Waals surface area (Å²) in [6, 6.07) is 6.08. The molecule has 0 amide bonds. The molecule has 72 valence electrons. The smallest absolute Gasteiger partial charge is 0.126 e. The van der Waals surface area contributed by atoms with E-state index in [0.717, 1.165) is 6.42 Å². The third-order valence-electron chi connectivity index (χ3n) is 1.78. The van der Waals surface area contributed by atoms with Crippen LogP contribution in [0.25, 0.3) is 0 Å². The van der Waals surface area contributed by atoms with Gasteiger partial charge in [0, 0.05) is 12.1 Å². The number of rotatable bonds is 4. The highest BCUT2D eigenvalue weighted by molar-refractivity contribution is 5.22. The van der Waals surface area contributed by atoms with Gasteiger partial charge in [-0.2, -0.15) is 0 Å². The minimum absolute atomic E-state index is 0.0169. The van der Waals surface area contributed by atoms with E-state index in [0.29, 0.717) is 12.4 Å². The molecule has 2 N–H and O–H groups in total. The first kappa shape index (κ1) is 9.99. The Kier molecular flexibility index (Phi) is 3.71. The summed E-state index contributed by atoms with van der Waals surface area (Å²) in [5.41, 5.74) is 5.64. The second-order valence-electron chi connectivity index (χ2n) is 2.94. The molecule has 13 heavy (non-hydrogen) atoms. The van der Waals surface area contributed by atoms with E-state index in [9.17, 15) is 4.39 Å². The van der Waals surface area contributed by atoms with Crippen molar-refractivity contribution in [1.29, 1.82) is 0 Å². The van der Waals surface area contributed by atoms with E-state index in [1.54, 1.807) is 12.1 Å². The minimum atomic E-state index is -0.289. The Morgan fingerprint density at radius 1 is 1.54 bits per heavy atom. The zero-order chi connectivity index (χ0) is 9.68. The van der Waals surface area contributed by atoms with E-state index in [1.165, 1.54) is 12.1 Å². The highest BCUT2D eigenvalue weighted by Gasteiger charge is 2.00. The molecule has 0 spiro atoms. The Balaban J connectivity index is 2.45. The van der Waals surface area contributed by atoms with Gasteiger partial charge in [-0.05, 0) is 18.6 Å². The lowest BCUT2D eigenvalue weighted by molar-refractivity contribution is 0.284. The van der Waals surface area contributed by atoms with Crippen molar-refractivity contribution in [2.45, 2.75) is 19.4 Å². The molecule has 0 aliphatic rings. The molecule has 0 aromatic heterocycles. The van der Waals surface area contributed by atoms with Gasteiger partial charge in [0.25, 0.3) is 0 Å². The van der Waals surface area contributed by atoms with E-state index in [2.05, 4.69) is 0 Å². The Morgan fingerprint density at radius 3 is 2.92 bits per heavy atom. The average molecular weight is 183 g/mol. The van der Waals surface area contributed by atoms with E-state index < -0.39 is 0 Å². The summed E-state index contributed by atoms with van der Waals surface area (Å²) < 4.78 is 17.9. The van der Waals surface area contributed by atoms with Crippen molar-refractivity contribution in [2.75, 3.05) is 6.61 Å². The molecule has 0 saturated heterocycles. The van der Waals surface area contributed by atoms with Crippen LogP contribution >= 0.6 is 0 Å². The molecule has 0 aliphatic carbocycles. The minimum Gasteiger partial charge on any atom is -0.492 e. The van der Waals surface area contributed by atoms with Crippen LogP contribution in [-0.2, 0) is 0 Å². The fraction of sp³-hybridized carbons (Fsp3) is 0.400. The molecular weight excluding hydrogens is 169 g/mol. The second-order valence-corrected chi connectivity index (χ2v) is 2.94. The van der Waals surface area contributed by atoms with Crippen molar-refractivity contribution < 1.29 is 9.13 Å². The molecule has 1 aromatic rings. The van der Waals surface area contributed by atoms with Crippen LogP contribution in [0.5, 0.6) is 5.75 Å². The van der Waals surface area contributed by atoms with Crippen molar-refractivity contribution in [3.05, 3.63) is 30.1 Å². The fourth-order valence-corrected chi connectivity index (χ4v) is 0.878. The largest absolute Gasteiger partial charge is 0.492 e. The Labute approximate surface area is 77.5 Å². The third-order valence-corrected chi connectivity index (χ3v) is 1.78. The molecule has 0 aliphatic heterocycles. The molecule has 0 bridgehead atoms. The molecular formula is C10H14FNO. The molecule has 1 aromatic carbocycles. The van der Waals surface area contributed by atoms with E-state index in [4.69, 9.17) is 10.5 Å². The number of hydrogen-bond donors (Lipinski definition) is 1. The Hall–Kier alpha value is -1.09. The Morgan fingerprint density at radius 2 is 2.31 bits per heavy atom. The average Bonchev–Trinajstić information content (AvgIpc) is 2.14. The lowest BCUT2D eigenvalue weighted by Crippen LogP contribution is -2.26. The zero-order valence-corrected chi connectivity index (χ0v) is 7.66. The van der Waals surface area contributed by atoms with Crippen LogP contribution in [0.15, 0.2) is 24.3 Å². The van der Waals surface area contributed by atoms with E-state index in [-0.39, 0.29) is 11.9 Å². The second kappa shape index (κ2) is 4.82. The number of ether oxygens (including phenoxy) is 1. The van der Waals surface area contributed by atoms with Crippen molar-refractivity contribution in [2.24, 2.45) is 5.73 Å². The normalized spacial score (nSPS) is 12.5. The standard InChI is InChI=1S/C10H14FNO/c1-2-9(12)7-13-10-5-3-4-8(11)6-10/h3-6,9H,2,7,12H2,1H3/t9-/m0/s1.